The quantitative estimate of drug-likeness (QED) is 0.817. The molecule has 0 aromatic heterocycles. The third kappa shape index (κ3) is 4.67. The predicted molar refractivity (Wildman–Crippen MR) is 82.1 cm³/mol. The molecule has 118 valence electrons. The van der Waals surface area contributed by atoms with E-state index in [0.29, 0.717) is 37.3 Å². The molecule has 0 amide bonds. The molecular weight excluding hydrogens is 316 g/mol. The van der Waals surface area contributed by atoms with Crippen molar-refractivity contribution >= 4 is 28.4 Å². The van der Waals surface area contributed by atoms with E-state index in [1.54, 1.807) is 24.3 Å². The van der Waals surface area contributed by atoms with Crippen molar-refractivity contribution < 1.29 is 17.9 Å². The Morgan fingerprint density at radius 2 is 2.00 bits per heavy atom. The fourth-order valence-corrected chi connectivity index (χ4v) is 3.65. The van der Waals surface area contributed by atoms with Gasteiger partial charge in [-0.1, -0.05) is 12.1 Å². The minimum Gasteiger partial charge on any atom is -0.465 e. The molecular formula is C13H19ClN2O4S. The Morgan fingerprint density at radius 3 is 2.62 bits per heavy atom. The van der Waals surface area contributed by atoms with Crippen LogP contribution in [-0.4, -0.2) is 52.0 Å². The number of sulfonamides is 1. The third-order valence-corrected chi connectivity index (χ3v) is 5.02. The lowest BCUT2D eigenvalue weighted by Gasteiger charge is -2.26. The van der Waals surface area contributed by atoms with Crippen molar-refractivity contribution in [1.82, 2.24) is 9.62 Å². The van der Waals surface area contributed by atoms with Gasteiger partial charge in [-0.2, -0.15) is 4.31 Å². The van der Waals surface area contributed by atoms with Crippen molar-refractivity contribution in [3.63, 3.8) is 0 Å². The monoisotopic (exact) mass is 334 g/mol. The number of methoxy groups -OCH3 is 1. The second kappa shape index (κ2) is 7.74. The molecule has 0 spiro atoms. The molecule has 1 heterocycles. The number of hydrogen-bond acceptors (Lipinski definition) is 5. The summed E-state index contributed by atoms with van der Waals surface area (Å²) in [6, 6.07) is 6.53. The van der Waals surface area contributed by atoms with Gasteiger partial charge in [-0.25, -0.2) is 13.2 Å². The summed E-state index contributed by atoms with van der Waals surface area (Å²) in [7, 11) is -2.05. The van der Waals surface area contributed by atoms with Gasteiger partial charge in [0.1, 0.15) is 0 Å². The van der Waals surface area contributed by atoms with Crippen LogP contribution < -0.4 is 5.32 Å². The Hall–Kier alpha value is -1.15. The molecule has 0 radical (unpaired) electrons. The van der Waals surface area contributed by atoms with Crippen LogP contribution in [0.25, 0.3) is 0 Å². The highest BCUT2D eigenvalue weighted by atomic mass is 35.5. The number of carbonyl (C=O) groups excluding carboxylic acids is 1. The molecule has 6 nitrogen and oxygen atoms in total. The fraction of sp³-hybridized carbons (Fsp3) is 0.462. The van der Waals surface area contributed by atoms with Crippen LogP contribution in [0.1, 0.15) is 15.9 Å². The first-order chi connectivity index (χ1) is 9.53. The average molecular weight is 335 g/mol. The minimum absolute atomic E-state index is 0. The maximum absolute atomic E-state index is 12.3. The molecule has 2 rings (SSSR count). The standard InChI is InChI=1S/C13H18N2O4S.ClH/c1-19-13(16)12-4-2-3-11(9-12)10-20(17,18)15-7-5-14-6-8-15;/h2-4,9,14H,5-8,10H2,1H3;1H. The van der Waals surface area contributed by atoms with Crippen LogP contribution in [0.2, 0.25) is 0 Å². The molecule has 1 N–H and O–H groups in total. The van der Waals surface area contributed by atoms with E-state index < -0.39 is 16.0 Å². The maximum Gasteiger partial charge on any atom is 0.337 e. The highest BCUT2D eigenvalue weighted by Gasteiger charge is 2.24. The van der Waals surface area contributed by atoms with Crippen molar-refractivity contribution in [3.05, 3.63) is 35.4 Å². The molecule has 0 unspecified atom stereocenters. The first kappa shape index (κ1) is 17.9. The zero-order valence-corrected chi connectivity index (χ0v) is 13.4. The number of rotatable bonds is 4. The normalized spacial score (nSPS) is 16.0. The third-order valence-electron chi connectivity index (χ3n) is 3.17. The lowest BCUT2D eigenvalue weighted by atomic mass is 10.1. The number of hydrogen-bond donors (Lipinski definition) is 1. The van der Waals surface area contributed by atoms with Crippen LogP contribution in [0.3, 0.4) is 0 Å². The summed E-state index contributed by atoms with van der Waals surface area (Å²) in [6.45, 7) is 2.31. The van der Waals surface area contributed by atoms with Gasteiger partial charge in [0, 0.05) is 26.2 Å². The number of carbonyl (C=O) groups is 1. The Bertz CT molecular complexity index is 586. The first-order valence-electron chi connectivity index (χ1n) is 6.39. The number of esters is 1. The Morgan fingerprint density at radius 1 is 1.33 bits per heavy atom. The van der Waals surface area contributed by atoms with Gasteiger partial charge in [0.2, 0.25) is 10.0 Å². The van der Waals surface area contributed by atoms with Crippen molar-refractivity contribution in [3.8, 4) is 0 Å². The van der Waals surface area contributed by atoms with Crippen molar-refractivity contribution in [1.29, 1.82) is 0 Å². The number of ether oxygens (including phenoxy) is 1. The molecule has 1 saturated heterocycles. The molecule has 1 aliphatic heterocycles. The molecule has 0 aliphatic carbocycles. The van der Waals surface area contributed by atoms with Crippen molar-refractivity contribution in [2.24, 2.45) is 0 Å². The number of halogens is 1. The SMILES string of the molecule is COC(=O)c1cccc(CS(=O)(=O)N2CCNCC2)c1.Cl. The Kier molecular flexibility index (Phi) is 6.60. The smallest absolute Gasteiger partial charge is 0.337 e. The summed E-state index contributed by atoms with van der Waals surface area (Å²) in [5, 5.41) is 3.12. The lowest BCUT2D eigenvalue weighted by molar-refractivity contribution is 0.0600. The Balaban J connectivity index is 0.00000220. The zero-order chi connectivity index (χ0) is 14.6. The van der Waals surface area contributed by atoms with E-state index in [4.69, 9.17) is 0 Å². The fourth-order valence-electron chi connectivity index (χ4n) is 2.13. The van der Waals surface area contributed by atoms with Crippen LogP contribution in [0.15, 0.2) is 24.3 Å². The summed E-state index contributed by atoms with van der Waals surface area (Å²) in [4.78, 5) is 11.4. The summed E-state index contributed by atoms with van der Waals surface area (Å²) in [5.74, 6) is -0.566. The van der Waals surface area contributed by atoms with Gasteiger partial charge in [0.15, 0.2) is 0 Å². The minimum atomic E-state index is -3.34. The van der Waals surface area contributed by atoms with E-state index in [9.17, 15) is 13.2 Å². The summed E-state index contributed by atoms with van der Waals surface area (Å²) in [6.07, 6.45) is 0. The maximum atomic E-state index is 12.3. The van der Waals surface area contributed by atoms with E-state index in [2.05, 4.69) is 10.1 Å². The number of nitrogens with one attached hydrogen (secondary N) is 1. The molecule has 1 aromatic carbocycles. The van der Waals surface area contributed by atoms with Gasteiger partial charge in [-0.3, -0.25) is 0 Å². The molecule has 0 atom stereocenters. The topological polar surface area (TPSA) is 75.7 Å². The number of piperazine rings is 1. The highest BCUT2D eigenvalue weighted by molar-refractivity contribution is 7.88. The highest BCUT2D eigenvalue weighted by Crippen LogP contribution is 2.14. The van der Waals surface area contributed by atoms with Gasteiger partial charge in [0.25, 0.3) is 0 Å². The largest absolute Gasteiger partial charge is 0.465 e. The first-order valence-corrected chi connectivity index (χ1v) is 7.99. The number of nitrogens with zero attached hydrogens (tertiary/aromatic N) is 1. The van der Waals surface area contributed by atoms with Gasteiger partial charge >= 0.3 is 5.97 Å². The molecule has 1 fully saturated rings. The van der Waals surface area contributed by atoms with Gasteiger partial charge < -0.3 is 10.1 Å². The van der Waals surface area contributed by atoms with E-state index in [1.165, 1.54) is 11.4 Å². The summed E-state index contributed by atoms with van der Waals surface area (Å²) in [5.41, 5.74) is 0.951. The second-order valence-electron chi connectivity index (χ2n) is 4.60. The van der Waals surface area contributed by atoms with E-state index in [-0.39, 0.29) is 18.2 Å². The van der Waals surface area contributed by atoms with Crippen LogP contribution in [-0.2, 0) is 20.5 Å². The molecule has 0 saturated carbocycles. The average Bonchev–Trinajstić information content (AvgIpc) is 2.47. The molecule has 8 heteroatoms. The number of benzene rings is 1. The molecule has 1 aromatic rings. The molecule has 0 bridgehead atoms. The van der Waals surface area contributed by atoms with Gasteiger partial charge in [-0.05, 0) is 17.7 Å². The summed E-state index contributed by atoms with van der Waals surface area (Å²) < 4.78 is 30.7. The zero-order valence-electron chi connectivity index (χ0n) is 11.7. The van der Waals surface area contributed by atoms with E-state index >= 15 is 0 Å². The Labute approximate surface area is 130 Å². The van der Waals surface area contributed by atoms with Crippen molar-refractivity contribution in [2.45, 2.75) is 5.75 Å². The van der Waals surface area contributed by atoms with Crippen LogP contribution in [0.5, 0.6) is 0 Å². The second-order valence-corrected chi connectivity index (χ2v) is 6.57. The molecule has 1 aliphatic rings. The van der Waals surface area contributed by atoms with Crippen molar-refractivity contribution in [2.75, 3.05) is 33.3 Å². The lowest BCUT2D eigenvalue weighted by Crippen LogP contribution is -2.46. The summed E-state index contributed by atoms with van der Waals surface area (Å²) >= 11 is 0. The molecule has 21 heavy (non-hydrogen) atoms. The van der Waals surface area contributed by atoms with Crippen LogP contribution in [0, 0.1) is 0 Å². The van der Waals surface area contributed by atoms with Crippen LogP contribution in [0.4, 0.5) is 0 Å². The van der Waals surface area contributed by atoms with Gasteiger partial charge in [-0.15, -0.1) is 12.4 Å². The van der Waals surface area contributed by atoms with Gasteiger partial charge in [0.05, 0.1) is 18.4 Å². The van der Waals surface area contributed by atoms with E-state index in [0.717, 1.165) is 0 Å². The van der Waals surface area contributed by atoms with Crippen LogP contribution >= 0.6 is 12.4 Å². The predicted octanol–water partition coefficient (Wildman–Crippen LogP) is 0.630. The van der Waals surface area contributed by atoms with E-state index in [1.807, 2.05) is 0 Å².